The van der Waals surface area contributed by atoms with E-state index < -0.39 is 0 Å². The third kappa shape index (κ3) is 4.74. The van der Waals surface area contributed by atoms with Gasteiger partial charge < -0.3 is 19.7 Å². The summed E-state index contributed by atoms with van der Waals surface area (Å²) >= 11 is 0. The summed E-state index contributed by atoms with van der Waals surface area (Å²) in [5, 5.41) is 27.2. The Morgan fingerprint density at radius 3 is 1.58 bits per heavy atom. The average Bonchev–Trinajstić information content (AvgIpc) is 2.57. The quantitative estimate of drug-likeness (QED) is 0.603. The van der Waals surface area contributed by atoms with Crippen LogP contribution in [0.15, 0.2) is 46.6 Å². The fourth-order valence-corrected chi connectivity index (χ4v) is 1.96. The summed E-state index contributed by atoms with van der Waals surface area (Å²) in [6.07, 6.45) is 3.12. The molecular formula is C18H20N2O4. The molecule has 6 heteroatoms. The first kappa shape index (κ1) is 17.3. The summed E-state index contributed by atoms with van der Waals surface area (Å²) in [5.74, 6) is 0.991. The lowest BCUT2D eigenvalue weighted by atomic mass is 10.2. The molecule has 0 saturated heterocycles. The molecule has 0 aliphatic carbocycles. The van der Waals surface area contributed by atoms with E-state index in [4.69, 9.17) is 9.47 Å². The topological polar surface area (TPSA) is 83.6 Å². The third-order valence-electron chi connectivity index (χ3n) is 3.05. The summed E-state index contributed by atoms with van der Waals surface area (Å²) in [6.45, 7) is 4.63. The van der Waals surface area contributed by atoms with E-state index in [1.54, 1.807) is 48.8 Å². The zero-order valence-electron chi connectivity index (χ0n) is 13.6. The third-order valence-corrected chi connectivity index (χ3v) is 3.05. The van der Waals surface area contributed by atoms with E-state index in [1.165, 1.54) is 0 Å². The van der Waals surface area contributed by atoms with Gasteiger partial charge >= 0.3 is 0 Å². The number of phenolic OH excluding ortho intramolecular Hbond substituents is 2. The van der Waals surface area contributed by atoms with Gasteiger partial charge in [0.15, 0.2) is 23.0 Å². The Labute approximate surface area is 140 Å². The van der Waals surface area contributed by atoms with Crippen molar-refractivity contribution in [1.82, 2.24) is 0 Å². The van der Waals surface area contributed by atoms with Crippen LogP contribution in [0, 0.1) is 0 Å². The number of ether oxygens (including phenoxy) is 2. The van der Waals surface area contributed by atoms with Crippen LogP contribution in [-0.4, -0.2) is 35.9 Å². The molecule has 0 unspecified atom stereocenters. The second-order valence-corrected chi connectivity index (χ2v) is 4.81. The van der Waals surface area contributed by atoms with Crippen LogP contribution in [0.5, 0.6) is 23.0 Å². The molecule has 0 aliphatic rings. The molecule has 0 aromatic heterocycles. The Balaban J connectivity index is 2.07. The maximum absolute atomic E-state index is 9.65. The normalized spacial score (nSPS) is 11.2. The molecule has 0 spiro atoms. The second kappa shape index (κ2) is 8.57. The van der Waals surface area contributed by atoms with Gasteiger partial charge in [0.05, 0.1) is 25.6 Å². The molecule has 0 bridgehead atoms. The van der Waals surface area contributed by atoms with Gasteiger partial charge in [-0.3, -0.25) is 0 Å². The van der Waals surface area contributed by atoms with Crippen LogP contribution < -0.4 is 9.47 Å². The fraction of sp³-hybridized carbons (Fsp3) is 0.222. The predicted molar refractivity (Wildman–Crippen MR) is 93.7 cm³/mol. The molecule has 2 N–H and O–H groups in total. The first-order valence-corrected chi connectivity index (χ1v) is 7.62. The summed E-state index contributed by atoms with van der Waals surface area (Å²) < 4.78 is 10.6. The Bertz CT molecular complexity index is 678. The number of rotatable bonds is 7. The minimum absolute atomic E-state index is 0.0880. The molecule has 0 fully saturated rings. The molecule has 0 saturated carbocycles. The first-order chi connectivity index (χ1) is 11.6. The van der Waals surface area contributed by atoms with E-state index in [1.807, 2.05) is 13.8 Å². The zero-order chi connectivity index (χ0) is 17.4. The van der Waals surface area contributed by atoms with Crippen LogP contribution in [0.3, 0.4) is 0 Å². The van der Waals surface area contributed by atoms with Crippen molar-refractivity contribution < 1.29 is 19.7 Å². The number of benzene rings is 2. The van der Waals surface area contributed by atoms with Gasteiger partial charge in [-0.2, -0.15) is 10.2 Å². The second-order valence-electron chi connectivity index (χ2n) is 4.81. The van der Waals surface area contributed by atoms with Crippen molar-refractivity contribution in [3.8, 4) is 23.0 Å². The molecule has 0 heterocycles. The highest BCUT2D eigenvalue weighted by Gasteiger charge is 2.03. The van der Waals surface area contributed by atoms with Crippen molar-refractivity contribution in [2.45, 2.75) is 13.8 Å². The average molecular weight is 328 g/mol. The number of phenols is 2. The van der Waals surface area contributed by atoms with Gasteiger partial charge in [0, 0.05) is 0 Å². The van der Waals surface area contributed by atoms with Crippen LogP contribution in [0.1, 0.15) is 25.0 Å². The summed E-state index contributed by atoms with van der Waals surface area (Å²) in [7, 11) is 0. The van der Waals surface area contributed by atoms with Crippen molar-refractivity contribution in [2.24, 2.45) is 10.2 Å². The van der Waals surface area contributed by atoms with Gasteiger partial charge in [-0.15, -0.1) is 0 Å². The van der Waals surface area contributed by atoms with E-state index >= 15 is 0 Å². The van der Waals surface area contributed by atoms with Gasteiger partial charge in [-0.25, -0.2) is 0 Å². The number of hydrogen-bond donors (Lipinski definition) is 2. The van der Waals surface area contributed by atoms with Crippen LogP contribution in [0.2, 0.25) is 0 Å². The molecule has 0 aliphatic heterocycles. The maximum Gasteiger partial charge on any atom is 0.161 e. The minimum atomic E-state index is 0.0880. The lowest BCUT2D eigenvalue weighted by Crippen LogP contribution is -1.93. The Morgan fingerprint density at radius 2 is 1.21 bits per heavy atom. The molecule has 0 amide bonds. The molecular weight excluding hydrogens is 308 g/mol. The lowest BCUT2D eigenvalue weighted by Gasteiger charge is -2.05. The van der Waals surface area contributed by atoms with E-state index in [0.29, 0.717) is 24.7 Å². The molecule has 0 radical (unpaired) electrons. The standard InChI is InChI=1S/C18H20N2O4/c1-3-23-17-9-13(5-7-15(17)21)11-19-20-12-14-6-8-16(22)18(10-14)24-4-2/h5-12,21-22H,3-4H2,1-2H3/b19-11+,20-12+. The van der Waals surface area contributed by atoms with Crippen molar-refractivity contribution in [3.63, 3.8) is 0 Å². The fourth-order valence-electron chi connectivity index (χ4n) is 1.96. The number of aromatic hydroxyl groups is 2. The highest BCUT2D eigenvalue weighted by Crippen LogP contribution is 2.27. The monoisotopic (exact) mass is 328 g/mol. The van der Waals surface area contributed by atoms with Crippen LogP contribution >= 0.6 is 0 Å². The van der Waals surface area contributed by atoms with Gasteiger partial charge in [0.25, 0.3) is 0 Å². The summed E-state index contributed by atoms with van der Waals surface area (Å²) in [4.78, 5) is 0. The first-order valence-electron chi connectivity index (χ1n) is 7.62. The van der Waals surface area contributed by atoms with E-state index in [2.05, 4.69) is 10.2 Å². The van der Waals surface area contributed by atoms with Crippen molar-refractivity contribution in [2.75, 3.05) is 13.2 Å². The molecule has 2 aromatic carbocycles. The Morgan fingerprint density at radius 1 is 0.792 bits per heavy atom. The molecule has 2 rings (SSSR count). The lowest BCUT2D eigenvalue weighted by molar-refractivity contribution is 0.318. The van der Waals surface area contributed by atoms with Crippen LogP contribution in [-0.2, 0) is 0 Å². The van der Waals surface area contributed by atoms with Crippen LogP contribution in [0.25, 0.3) is 0 Å². The molecule has 2 aromatic rings. The molecule has 24 heavy (non-hydrogen) atoms. The SMILES string of the molecule is CCOc1cc(/C=N/N=C/c2ccc(O)c(OCC)c2)ccc1O. The molecule has 6 nitrogen and oxygen atoms in total. The van der Waals surface area contributed by atoms with Gasteiger partial charge in [-0.05, 0) is 61.4 Å². The highest BCUT2D eigenvalue weighted by atomic mass is 16.5. The van der Waals surface area contributed by atoms with Gasteiger partial charge in [0.1, 0.15) is 0 Å². The van der Waals surface area contributed by atoms with E-state index in [-0.39, 0.29) is 11.5 Å². The maximum atomic E-state index is 9.65. The molecule has 0 atom stereocenters. The van der Waals surface area contributed by atoms with Crippen molar-refractivity contribution in [3.05, 3.63) is 47.5 Å². The van der Waals surface area contributed by atoms with Crippen LogP contribution in [0.4, 0.5) is 0 Å². The smallest absolute Gasteiger partial charge is 0.161 e. The van der Waals surface area contributed by atoms with E-state index in [0.717, 1.165) is 11.1 Å². The van der Waals surface area contributed by atoms with Crippen molar-refractivity contribution in [1.29, 1.82) is 0 Å². The Hall–Kier alpha value is -3.02. The van der Waals surface area contributed by atoms with Gasteiger partial charge in [-0.1, -0.05) is 0 Å². The Kier molecular flexibility index (Phi) is 6.19. The zero-order valence-corrected chi connectivity index (χ0v) is 13.6. The summed E-state index contributed by atoms with van der Waals surface area (Å²) in [5.41, 5.74) is 1.52. The highest BCUT2D eigenvalue weighted by molar-refractivity contribution is 5.83. The van der Waals surface area contributed by atoms with Gasteiger partial charge in [0.2, 0.25) is 0 Å². The number of hydrogen-bond acceptors (Lipinski definition) is 6. The minimum Gasteiger partial charge on any atom is -0.504 e. The number of nitrogens with zero attached hydrogens (tertiary/aromatic N) is 2. The van der Waals surface area contributed by atoms with E-state index in [9.17, 15) is 10.2 Å². The predicted octanol–water partition coefficient (Wildman–Crippen LogP) is 3.35. The van der Waals surface area contributed by atoms with Crippen molar-refractivity contribution >= 4 is 12.4 Å². The summed E-state index contributed by atoms with van der Waals surface area (Å²) in [6, 6.07) is 9.89. The largest absolute Gasteiger partial charge is 0.504 e. The molecule has 126 valence electrons.